The molecular weight excluding hydrogens is 300 g/mol. The van der Waals surface area contributed by atoms with Crippen LogP contribution >= 0.6 is 15.9 Å². The van der Waals surface area contributed by atoms with Crippen molar-refractivity contribution in [3.05, 3.63) is 28.7 Å². The van der Waals surface area contributed by atoms with E-state index in [1.165, 1.54) is 50.8 Å². The fraction of sp³-hybridized carbons (Fsp3) is 0.625. The molecule has 19 heavy (non-hydrogen) atoms. The summed E-state index contributed by atoms with van der Waals surface area (Å²) in [5.41, 5.74) is 1.25. The molecule has 1 saturated carbocycles. The second-order valence-electron chi connectivity index (χ2n) is 5.91. The molecule has 3 unspecified atom stereocenters. The molecule has 3 atom stereocenters. The zero-order chi connectivity index (χ0) is 13.1. The number of nitrogens with one attached hydrogen (secondary N) is 2. The molecule has 0 spiro atoms. The minimum Gasteiger partial charge on any atom is -0.382 e. The fourth-order valence-electron chi connectivity index (χ4n) is 3.69. The molecule has 1 aliphatic carbocycles. The smallest absolute Gasteiger partial charge is 0.0353 e. The summed E-state index contributed by atoms with van der Waals surface area (Å²) in [5.74, 6) is 0.801. The van der Waals surface area contributed by atoms with Gasteiger partial charge < -0.3 is 10.6 Å². The van der Waals surface area contributed by atoms with Gasteiger partial charge in [0.25, 0.3) is 0 Å². The molecule has 0 aromatic heterocycles. The largest absolute Gasteiger partial charge is 0.382 e. The van der Waals surface area contributed by atoms with Crippen molar-refractivity contribution in [2.45, 2.75) is 50.6 Å². The number of rotatable bonds is 3. The SMILES string of the molecule is Brc1cccc(NC2CCCCC2C2CCCN2)c1. The Kier molecular flexibility index (Phi) is 4.44. The Morgan fingerprint density at radius 3 is 2.79 bits per heavy atom. The Bertz CT molecular complexity index is 415. The van der Waals surface area contributed by atoms with Gasteiger partial charge in [0.1, 0.15) is 0 Å². The number of halogens is 1. The predicted molar refractivity (Wildman–Crippen MR) is 84.5 cm³/mol. The zero-order valence-electron chi connectivity index (χ0n) is 11.4. The van der Waals surface area contributed by atoms with Crippen molar-refractivity contribution >= 4 is 21.6 Å². The van der Waals surface area contributed by atoms with Crippen molar-refractivity contribution in [2.24, 2.45) is 5.92 Å². The highest BCUT2D eigenvalue weighted by Gasteiger charge is 2.33. The summed E-state index contributed by atoms with van der Waals surface area (Å²) in [7, 11) is 0. The molecule has 1 aromatic carbocycles. The molecule has 2 aliphatic rings. The van der Waals surface area contributed by atoms with Gasteiger partial charge in [-0.15, -0.1) is 0 Å². The number of hydrogen-bond acceptors (Lipinski definition) is 2. The molecular formula is C16H23BrN2. The van der Waals surface area contributed by atoms with Crippen LogP contribution < -0.4 is 10.6 Å². The van der Waals surface area contributed by atoms with Gasteiger partial charge in [-0.25, -0.2) is 0 Å². The van der Waals surface area contributed by atoms with E-state index in [1.54, 1.807) is 0 Å². The molecule has 1 aliphatic heterocycles. The van der Waals surface area contributed by atoms with Gasteiger partial charge in [0.2, 0.25) is 0 Å². The lowest BCUT2D eigenvalue weighted by Gasteiger charge is -2.36. The van der Waals surface area contributed by atoms with Crippen LogP contribution in [0.5, 0.6) is 0 Å². The summed E-state index contributed by atoms with van der Waals surface area (Å²) in [4.78, 5) is 0. The van der Waals surface area contributed by atoms with Gasteiger partial charge in [0.05, 0.1) is 0 Å². The number of hydrogen-bond donors (Lipinski definition) is 2. The lowest BCUT2D eigenvalue weighted by molar-refractivity contribution is 0.263. The van der Waals surface area contributed by atoms with Crippen molar-refractivity contribution < 1.29 is 0 Å². The average Bonchev–Trinajstić information content (AvgIpc) is 2.93. The Balaban J connectivity index is 1.69. The molecule has 2 N–H and O–H groups in total. The topological polar surface area (TPSA) is 24.1 Å². The first-order valence-corrected chi connectivity index (χ1v) is 8.38. The minimum atomic E-state index is 0.638. The van der Waals surface area contributed by atoms with E-state index < -0.39 is 0 Å². The van der Waals surface area contributed by atoms with Crippen molar-refractivity contribution in [3.8, 4) is 0 Å². The third kappa shape index (κ3) is 3.32. The van der Waals surface area contributed by atoms with Crippen LogP contribution in [-0.2, 0) is 0 Å². The van der Waals surface area contributed by atoms with Crippen LogP contribution in [0, 0.1) is 5.92 Å². The maximum atomic E-state index is 3.78. The average molecular weight is 323 g/mol. The van der Waals surface area contributed by atoms with Gasteiger partial charge >= 0.3 is 0 Å². The lowest BCUT2D eigenvalue weighted by atomic mass is 9.79. The van der Waals surface area contributed by atoms with Crippen molar-refractivity contribution in [1.29, 1.82) is 0 Å². The van der Waals surface area contributed by atoms with Crippen LogP contribution in [0.1, 0.15) is 38.5 Å². The minimum absolute atomic E-state index is 0.638. The molecule has 0 radical (unpaired) electrons. The first kappa shape index (κ1) is 13.4. The van der Waals surface area contributed by atoms with Gasteiger partial charge in [-0.2, -0.15) is 0 Å². The first-order chi connectivity index (χ1) is 9.33. The Hall–Kier alpha value is -0.540. The molecule has 2 nitrogen and oxygen atoms in total. The second-order valence-corrected chi connectivity index (χ2v) is 6.83. The molecule has 3 rings (SSSR count). The maximum absolute atomic E-state index is 3.78. The molecule has 2 fully saturated rings. The van der Waals surface area contributed by atoms with Crippen molar-refractivity contribution in [1.82, 2.24) is 5.32 Å². The van der Waals surface area contributed by atoms with Gasteiger partial charge in [0, 0.05) is 22.2 Å². The molecule has 1 saturated heterocycles. The van der Waals surface area contributed by atoms with Crippen molar-refractivity contribution in [3.63, 3.8) is 0 Å². The summed E-state index contributed by atoms with van der Waals surface area (Å²) in [6.45, 7) is 1.21. The van der Waals surface area contributed by atoms with E-state index in [-0.39, 0.29) is 0 Å². The summed E-state index contributed by atoms with van der Waals surface area (Å²) in [6.07, 6.45) is 8.18. The summed E-state index contributed by atoms with van der Waals surface area (Å²) >= 11 is 3.56. The quantitative estimate of drug-likeness (QED) is 0.872. The normalized spacial score (nSPS) is 31.3. The Morgan fingerprint density at radius 2 is 2.00 bits per heavy atom. The van der Waals surface area contributed by atoms with Crippen LogP contribution in [0.15, 0.2) is 28.7 Å². The van der Waals surface area contributed by atoms with Crippen LogP contribution in [0.3, 0.4) is 0 Å². The molecule has 0 bridgehead atoms. The van der Waals surface area contributed by atoms with Gasteiger partial charge in [-0.3, -0.25) is 0 Å². The van der Waals surface area contributed by atoms with Gasteiger partial charge in [-0.1, -0.05) is 34.8 Å². The third-order valence-corrected chi connectivity index (χ3v) is 5.10. The van der Waals surface area contributed by atoms with E-state index in [4.69, 9.17) is 0 Å². The standard InChI is InChI=1S/C16H23BrN2/c17-12-5-3-6-13(11-12)19-16-8-2-1-7-14(16)15-9-4-10-18-15/h3,5-6,11,14-16,18-19H,1-2,4,7-10H2. The third-order valence-electron chi connectivity index (χ3n) is 4.61. The number of benzene rings is 1. The van der Waals surface area contributed by atoms with Crippen LogP contribution in [0.4, 0.5) is 5.69 Å². The Labute approximate surface area is 124 Å². The van der Waals surface area contributed by atoms with E-state index in [2.05, 4.69) is 50.8 Å². The van der Waals surface area contributed by atoms with E-state index in [9.17, 15) is 0 Å². The highest BCUT2D eigenvalue weighted by atomic mass is 79.9. The molecule has 0 amide bonds. The highest BCUT2D eigenvalue weighted by Crippen LogP contribution is 2.32. The lowest BCUT2D eigenvalue weighted by Crippen LogP contribution is -2.43. The van der Waals surface area contributed by atoms with Crippen LogP contribution in [0.2, 0.25) is 0 Å². The molecule has 1 heterocycles. The van der Waals surface area contributed by atoms with Gasteiger partial charge in [0.15, 0.2) is 0 Å². The Morgan fingerprint density at radius 1 is 1.11 bits per heavy atom. The molecule has 3 heteroatoms. The van der Waals surface area contributed by atoms with E-state index in [0.717, 1.165) is 16.4 Å². The highest BCUT2D eigenvalue weighted by molar-refractivity contribution is 9.10. The predicted octanol–water partition coefficient (Wildman–Crippen LogP) is 4.17. The van der Waals surface area contributed by atoms with Crippen LogP contribution in [0.25, 0.3) is 0 Å². The zero-order valence-corrected chi connectivity index (χ0v) is 13.0. The van der Waals surface area contributed by atoms with Crippen LogP contribution in [-0.4, -0.2) is 18.6 Å². The van der Waals surface area contributed by atoms with Gasteiger partial charge in [-0.05, 0) is 56.3 Å². The number of anilines is 1. The summed E-state index contributed by atoms with van der Waals surface area (Å²) < 4.78 is 1.16. The summed E-state index contributed by atoms with van der Waals surface area (Å²) in [6, 6.07) is 9.94. The molecule has 1 aromatic rings. The first-order valence-electron chi connectivity index (χ1n) is 7.58. The summed E-state index contributed by atoms with van der Waals surface area (Å²) in [5, 5.41) is 7.48. The van der Waals surface area contributed by atoms with Crippen molar-refractivity contribution in [2.75, 3.05) is 11.9 Å². The molecule has 104 valence electrons. The monoisotopic (exact) mass is 322 g/mol. The second kappa shape index (κ2) is 6.27. The van der Waals surface area contributed by atoms with E-state index in [1.807, 2.05) is 0 Å². The fourth-order valence-corrected chi connectivity index (χ4v) is 4.09. The van der Waals surface area contributed by atoms with E-state index >= 15 is 0 Å². The maximum Gasteiger partial charge on any atom is 0.0353 e. The van der Waals surface area contributed by atoms with E-state index in [0.29, 0.717) is 6.04 Å².